The minimum Gasteiger partial charge on any atom is -0.310 e. The van der Waals surface area contributed by atoms with E-state index in [1.807, 2.05) is 0 Å². The van der Waals surface area contributed by atoms with Crippen molar-refractivity contribution >= 4 is 0 Å². The minimum absolute atomic E-state index is 0.487. The highest BCUT2D eigenvalue weighted by atomic mass is 14.9. The van der Waals surface area contributed by atoms with Crippen LogP contribution in [0.25, 0.3) is 0 Å². The molecule has 1 N–H and O–H groups in total. The zero-order valence-corrected chi connectivity index (χ0v) is 14.3. The number of aryl methyl sites for hydroxylation is 1. The summed E-state index contributed by atoms with van der Waals surface area (Å²) in [5.41, 5.74) is 3.48. The zero-order chi connectivity index (χ0) is 15.1. The number of hydrogen-bond donors (Lipinski definition) is 1. The molecule has 0 bridgehead atoms. The lowest BCUT2D eigenvalue weighted by Crippen LogP contribution is -2.36. The van der Waals surface area contributed by atoms with Crippen molar-refractivity contribution in [3.05, 3.63) is 35.4 Å². The van der Waals surface area contributed by atoms with Crippen molar-refractivity contribution < 1.29 is 0 Å². The second-order valence-corrected chi connectivity index (χ2v) is 6.76. The Bertz CT molecular complexity index is 400. The third-order valence-electron chi connectivity index (χ3n) is 5.46. The van der Waals surface area contributed by atoms with Crippen LogP contribution in [0.5, 0.6) is 0 Å². The number of nitrogens with one attached hydrogen (secondary N) is 1. The largest absolute Gasteiger partial charge is 0.310 e. The summed E-state index contributed by atoms with van der Waals surface area (Å²) in [7, 11) is 0. The van der Waals surface area contributed by atoms with Gasteiger partial charge in [0.25, 0.3) is 0 Å². The predicted octanol–water partition coefficient (Wildman–Crippen LogP) is 5.65. The molecule has 0 heterocycles. The Kier molecular flexibility index (Phi) is 6.29. The van der Waals surface area contributed by atoms with Gasteiger partial charge < -0.3 is 5.32 Å². The van der Waals surface area contributed by atoms with E-state index in [-0.39, 0.29) is 0 Å². The lowest BCUT2D eigenvalue weighted by Gasteiger charge is -2.38. The standard InChI is InChI=1S/C20H33N/c1-4-7-10-17-11-13-18(14-12-17)19(21-6-3)20(5-2)15-8-9-16-20/h11-14,19,21H,4-10,15-16H2,1-3H3. The fraction of sp³-hybridized carbons (Fsp3) is 0.700. The molecule has 1 unspecified atom stereocenters. The molecule has 2 rings (SSSR count). The van der Waals surface area contributed by atoms with E-state index in [1.165, 1.54) is 62.5 Å². The van der Waals surface area contributed by atoms with Crippen molar-refractivity contribution in [2.24, 2.45) is 5.41 Å². The molecule has 118 valence electrons. The third-order valence-corrected chi connectivity index (χ3v) is 5.46. The molecule has 0 spiro atoms. The Morgan fingerprint density at radius 1 is 1.05 bits per heavy atom. The van der Waals surface area contributed by atoms with Crippen LogP contribution in [0.2, 0.25) is 0 Å². The third kappa shape index (κ3) is 3.88. The number of unbranched alkanes of at least 4 members (excludes halogenated alkanes) is 1. The Labute approximate surface area is 131 Å². The highest BCUT2D eigenvalue weighted by Crippen LogP contribution is 2.50. The molecule has 0 aliphatic heterocycles. The van der Waals surface area contributed by atoms with Crippen molar-refractivity contribution in [3.63, 3.8) is 0 Å². The maximum atomic E-state index is 3.80. The monoisotopic (exact) mass is 287 g/mol. The van der Waals surface area contributed by atoms with Crippen molar-refractivity contribution in [1.29, 1.82) is 0 Å². The number of hydrogen-bond acceptors (Lipinski definition) is 1. The predicted molar refractivity (Wildman–Crippen MR) is 92.7 cm³/mol. The number of rotatable bonds is 8. The molecule has 0 amide bonds. The van der Waals surface area contributed by atoms with Crippen molar-refractivity contribution in [3.8, 4) is 0 Å². The first-order valence-electron chi connectivity index (χ1n) is 9.08. The van der Waals surface area contributed by atoms with Gasteiger partial charge >= 0.3 is 0 Å². The SMILES string of the molecule is CCCCc1ccc(C(NCC)C2(CC)CCCC2)cc1. The molecular weight excluding hydrogens is 254 g/mol. The Morgan fingerprint density at radius 2 is 1.71 bits per heavy atom. The summed E-state index contributed by atoms with van der Waals surface area (Å²) in [6.07, 6.45) is 10.7. The van der Waals surface area contributed by atoms with Crippen molar-refractivity contribution in [1.82, 2.24) is 5.32 Å². The smallest absolute Gasteiger partial charge is 0.0376 e. The van der Waals surface area contributed by atoms with Gasteiger partial charge in [0, 0.05) is 6.04 Å². The molecule has 1 aromatic carbocycles. The second kappa shape index (κ2) is 7.98. The molecule has 1 fully saturated rings. The Hall–Kier alpha value is -0.820. The van der Waals surface area contributed by atoms with Gasteiger partial charge in [-0.15, -0.1) is 0 Å². The van der Waals surface area contributed by atoms with Crippen LogP contribution in [0.4, 0.5) is 0 Å². The van der Waals surface area contributed by atoms with Gasteiger partial charge in [-0.1, -0.05) is 64.3 Å². The first-order valence-corrected chi connectivity index (χ1v) is 9.08. The summed E-state index contributed by atoms with van der Waals surface area (Å²) in [4.78, 5) is 0. The van der Waals surface area contributed by atoms with E-state index in [0.717, 1.165) is 6.54 Å². The normalized spacial score (nSPS) is 18.8. The summed E-state index contributed by atoms with van der Waals surface area (Å²) in [5.74, 6) is 0. The van der Waals surface area contributed by atoms with Gasteiger partial charge in [-0.3, -0.25) is 0 Å². The molecule has 1 saturated carbocycles. The molecule has 21 heavy (non-hydrogen) atoms. The Balaban J connectivity index is 2.17. The molecular formula is C20H33N. The van der Waals surface area contributed by atoms with E-state index in [2.05, 4.69) is 50.4 Å². The van der Waals surface area contributed by atoms with Gasteiger partial charge in [0.1, 0.15) is 0 Å². The second-order valence-electron chi connectivity index (χ2n) is 6.76. The summed E-state index contributed by atoms with van der Waals surface area (Å²) in [6.45, 7) is 7.94. The average Bonchev–Trinajstić information content (AvgIpc) is 3.01. The lowest BCUT2D eigenvalue weighted by atomic mass is 9.73. The summed E-state index contributed by atoms with van der Waals surface area (Å²) in [6, 6.07) is 10.0. The van der Waals surface area contributed by atoms with Crippen LogP contribution >= 0.6 is 0 Å². The fourth-order valence-electron chi connectivity index (χ4n) is 4.08. The lowest BCUT2D eigenvalue weighted by molar-refractivity contribution is 0.189. The van der Waals surface area contributed by atoms with Crippen LogP contribution in [0.1, 0.15) is 82.9 Å². The quantitative estimate of drug-likeness (QED) is 0.651. The van der Waals surface area contributed by atoms with Crippen LogP contribution in [0.3, 0.4) is 0 Å². The summed E-state index contributed by atoms with van der Waals surface area (Å²) >= 11 is 0. The number of benzene rings is 1. The zero-order valence-electron chi connectivity index (χ0n) is 14.3. The maximum absolute atomic E-state index is 3.80. The van der Waals surface area contributed by atoms with Crippen LogP contribution in [-0.4, -0.2) is 6.54 Å². The van der Waals surface area contributed by atoms with Gasteiger partial charge in [0.2, 0.25) is 0 Å². The van der Waals surface area contributed by atoms with E-state index in [1.54, 1.807) is 0 Å². The molecule has 1 atom stereocenters. The molecule has 1 aromatic rings. The van der Waals surface area contributed by atoms with Crippen LogP contribution in [0, 0.1) is 5.41 Å². The topological polar surface area (TPSA) is 12.0 Å². The van der Waals surface area contributed by atoms with Crippen LogP contribution in [0.15, 0.2) is 24.3 Å². The van der Waals surface area contributed by atoms with E-state index in [0.29, 0.717) is 11.5 Å². The summed E-state index contributed by atoms with van der Waals surface area (Å²) in [5, 5.41) is 3.80. The first-order chi connectivity index (χ1) is 10.3. The van der Waals surface area contributed by atoms with E-state index in [4.69, 9.17) is 0 Å². The van der Waals surface area contributed by atoms with Gasteiger partial charge in [0.05, 0.1) is 0 Å². The molecule has 0 saturated heterocycles. The van der Waals surface area contributed by atoms with E-state index in [9.17, 15) is 0 Å². The molecule has 1 aliphatic rings. The molecule has 1 heteroatoms. The van der Waals surface area contributed by atoms with Crippen molar-refractivity contribution in [2.75, 3.05) is 6.54 Å². The molecule has 1 nitrogen and oxygen atoms in total. The van der Waals surface area contributed by atoms with Gasteiger partial charge in [-0.25, -0.2) is 0 Å². The highest BCUT2D eigenvalue weighted by Gasteiger charge is 2.39. The van der Waals surface area contributed by atoms with Gasteiger partial charge in [0.15, 0.2) is 0 Å². The molecule has 1 aliphatic carbocycles. The van der Waals surface area contributed by atoms with Crippen molar-refractivity contribution in [2.45, 2.75) is 78.2 Å². The van der Waals surface area contributed by atoms with E-state index < -0.39 is 0 Å². The molecule has 0 radical (unpaired) electrons. The average molecular weight is 287 g/mol. The van der Waals surface area contributed by atoms with Gasteiger partial charge in [-0.05, 0) is 55.2 Å². The van der Waals surface area contributed by atoms with Gasteiger partial charge in [-0.2, -0.15) is 0 Å². The van der Waals surface area contributed by atoms with Crippen LogP contribution < -0.4 is 5.32 Å². The highest BCUT2D eigenvalue weighted by molar-refractivity contribution is 5.27. The summed E-state index contributed by atoms with van der Waals surface area (Å²) < 4.78 is 0. The Morgan fingerprint density at radius 3 is 2.24 bits per heavy atom. The fourth-order valence-corrected chi connectivity index (χ4v) is 4.08. The van der Waals surface area contributed by atoms with Crippen LogP contribution in [-0.2, 0) is 6.42 Å². The van der Waals surface area contributed by atoms with E-state index >= 15 is 0 Å². The maximum Gasteiger partial charge on any atom is 0.0376 e. The first kappa shape index (κ1) is 16.5. The molecule has 0 aromatic heterocycles. The minimum atomic E-state index is 0.487.